The maximum Gasteiger partial charge on any atom is 0.325 e. The quantitative estimate of drug-likeness (QED) is 0.630. The molecule has 0 aliphatic carbocycles. The van der Waals surface area contributed by atoms with Crippen molar-refractivity contribution in [1.82, 2.24) is 9.55 Å². The van der Waals surface area contributed by atoms with Crippen LogP contribution in [0.3, 0.4) is 0 Å². The van der Waals surface area contributed by atoms with E-state index in [1.54, 1.807) is 18.3 Å². The first-order valence-electron chi connectivity index (χ1n) is 6.97. The molecule has 0 radical (unpaired) electrons. The van der Waals surface area contributed by atoms with Crippen LogP contribution in [0.1, 0.15) is 26.2 Å². The molecule has 1 unspecified atom stereocenters. The van der Waals surface area contributed by atoms with Gasteiger partial charge in [-0.25, -0.2) is 4.98 Å². The second kappa shape index (κ2) is 6.87. The number of hydrogen-bond donors (Lipinski definition) is 1. The Bertz CT molecular complexity index is 576. The molecule has 114 valence electrons. The summed E-state index contributed by atoms with van der Waals surface area (Å²) in [5.41, 5.74) is 5.04. The molecule has 0 spiro atoms. The number of methoxy groups -OCH3 is 1. The Morgan fingerprint density at radius 1 is 1.52 bits per heavy atom. The number of unbranched alkanes of at least 4 members (excludes halogenated alkanes) is 1. The standard InChI is InChI=1S/C15H21N3O2S/c1-15(16,14(19)20-2)7-3-4-9-18-10-8-17-13(18)12-6-5-11-21-12/h5-6,8,10-11H,3-4,7,9,16H2,1-2H3. The lowest BCUT2D eigenvalue weighted by Gasteiger charge is -2.21. The fourth-order valence-corrected chi connectivity index (χ4v) is 2.97. The second-order valence-corrected chi connectivity index (χ2v) is 6.24. The molecule has 21 heavy (non-hydrogen) atoms. The molecular weight excluding hydrogens is 286 g/mol. The minimum absolute atomic E-state index is 0.357. The van der Waals surface area contributed by atoms with Gasteiger partial charge in [-0.1, -0.05) is 6.07 Å². The average molecular weight is 307 g/mol. The molecule has 2 aromatic heterocycles. The van der Waals surface area contributed by atoms with E-state index in [-0.39, 0.29) is 5.97 Å². The van der Waals surface area contributed by atoms with Crippen molar-refractivity contribution in [1.29, 1.82) is 0 Å². The lowest BCUT2D eigenvalue weighted by Crippen LogP contribution is -2.45. The zero-order valence-corrected chi connectivity index (χ0v) is 13.2. The minimum Gasteiger partial charge on any atom is -0.468 e. The van der Waals surface area contributed by atoms with Gasteiger partial charge in [0.25, 0.3) is 0 Å². The van der Waals surface area contributed by atoms with Crippen LogP contribution in [0.2, 0.25) is 0 Å². The molecule has 5 nitrogen and oxygen atoms in total. The summed E-state index contributed by atoms with van der Waals surface area (Å²) < 4.78 is 6.84. The molecule has 2 heterocycles. The van der Waals surface area contributed by atoms with Crippen molar-refractivity contribution in [2.75, 3.05) is 7.11 Å². The van der Waals surface area contributed by atoms with Crippen molar-refractivity contribution < 1.29 is 9.53 Å². The molecule has 2 N–H and O–H groups in total. The highest BCUT2D eigenvalue weighted by Gasteiger charge is 2.28. The number of hydrogen-bond acceptors (Lipinski definition) is 5. The molecule has 6 heteroatoms. The third-order valence-electron chi connectivity index (χ3n) is 3.45. The van der Waals surface area contributed by atoms with E-state index in [1.807, 2.05) is 23.8 Å². The summed E-state index contributed by atoms with van der Waals surface area (Å²) in [6, 6.07) is 4.09. The van der Waals surface area contributed by atoms with Gasteiger partial charge in [0.2, 0.25) is 0 Å². The van der Waals surface area contributed by atoms with Gasteiger partial charge >= 0.3 is 5.97 Å². The zero-order chi connectivity index (χ0) is 15.3. The summed E-state index contributed by atoms with van der Waals surface area (Å²) in [4.78, 5) is 17.1. The lowest BCUT2D eigenvalue weighted by molar-refractivity contribution is -0.146. The normalized spacial score (nSPS) is 13.9. The summed E-state index contributed by atoms with van der Waals surface area (Å²) in [6.45, 7) is 2.58. The Hall–Kier alpha value is -1.66. The van der Waals surface area contributed by atoms with E-state index >= 15 is 0 Å². The SMILES string of the molecule is COC(=O)C(C)(N)CCCCn1ccnc1-c1cccs1. The first-order valence-corrected chi connectivity index (χ1v) is 7.85. The molecule has 0 aromatic carbocycles. The van der Waals surface area contributed by atoms with Gasteiger partial charge in [-0.2, -0.15) is 0 Å². The van der Waals surface area contributed by atoms with Crippen LogP contribution in [0.4, 0.5) is 0 Å². The maximum absolute atomic E-state index is 11.5. The van der Waals surface area contributed by atoms with Gasteiger partial charge in [0, 0.05) is 18.9 Å². The number of rotatable bonds is 7. The Kier molecular flexibility index (Phi) is 5.14. The largest absolute Gasteiger partial charge is 0.468 e. The highest BCUT2D eigenvalue weighted by molar-refractivity contribution is 7.13. The van der Waals surface area contributed by atoms with Crippen LogP contribution in [0.15, 0.2) is 29.9 Å². The average Bonchev–Trinajstić information content (AvgIpc) is 3.12. The number of nitrogens with two attached hydrogens (primary N) is 1. The summed E-state index contributed by atoms with van der Waals surface area (Å²) in [6.07, 6.45) is 6.22. The van der Waals surface area contributed by atoms with Crippen LogP contribution in [0, 0.1) is 0 Å². The summed E-state index contributed by atoms with van der Waals surface area (Å²) >= 11 is 1.68. The fraction of sp³-hybridized carbons (Fsp3) is 0.467. The van der Waals surface area contributed by atoms with E-state index < -0.39 is 5.54 Å². The Labute approximate surface area is 128 Å². The smallest absolute Gasteiger partial charge is 0.325 e. The molecule has 0 fully saturated rings. The number of thiophene rings is 1. The van der Waals surface area contributed by atoms with E-state index in [9.17, 15) is 4.79 Å². The number of imidazole rings is 1. The molecule has 0 amide bonds. The van der Waals surface area contributed by atoms with Crippen LogP contribution >= 0.6 is 11.3 Å². The van der Waals surface area contributed by atoms with E-state index in [4.69, 9.17) is 10.5 Å². The zero-order valence-electron chi connectivity index (χ0n) is 12.4. The molecule has 2 aromatic rings. The predicted octanol–water partition coefficient (Wildman–Crippen LogP) is 2.67. The molecule has 0 aliphatic rings. The van der Waals surface area contributed by atoms with Gasteiger partial charge in [-0.15, -0.1) is 11.3 Å². The monoisotopic (exact) mass is 307 g/mol. The number of carbonyl (C=O) groups excluding carboxylic acids is 1. The van der Waals surface area contributed by atoms with Gasteiger partial charge in [-0.3, -0.25) is 4.79 Å². The number of aryl methyl sites for hydroxylation is 1. The molecule has 2 rings (SSSR count). The van der Waals surface area contributed by atoms with Crippen LogP contribution < -0.4 is 5.73 Å². The van der Waals surface area contributed by atoms with Gasteiger partial charge in [-0.05, 0) is 37.6 Å². The number of nitrogens with zero attached hydrogens (tertiary/aromatic N) is 2. The van der Waals surface area contributed by atoms with Crippen molar-refractivity contribution in [3.8, 4) is 10.7 Å². The van der Waals surface area contributed by atoms with E-state index in [2.05, 4.69) is 15.6 Å². The molecular formula is C15H21N3O2S. The summed E-state index contributed by atoms with van der Waals surface area (Å²) in [5, 5.41) is 2.05. The first kappa shape index (κ1) is 15.7. The van der Waals surface area contributed by atoms with Crippen molar-refractivity contribution in [3.63, 3.8) is 0 Å². The fourth-order valence-electron chi connectivity index (χ4n) is 2.23. The highest BCUT2D eigenvalue weighted by atomic mass is 32.1. The Balaban J connectivity index is 1.85. The van der Waals surface area contributed by atoms with Crippen LogP contribution in [0.25, 0.3) is 10.7 Å². The highest BCUT2D eigenvalue weighted by Crippen LogP contribution is 2.23. The Morgan fingerprint density at radius 2 is 2.33 bits per heavy atom. The van der Waals surface area contributed by atoms with Gasteiger partial charge in [0.1, 0.15) is 11.4 Å². The molecule has 0 saturated carbocycles. The van der Waals surface area contributed by atoms with Crippen LogP contribution in [-0.2, 0) is 16.1 Å². The Morgan fingerprint density at radius 3 is 3.00 bits per heavy atom. The van der Waals surface area contributed by atoms with Crippen LogP contribution in [-0.4, -0.2) is 28.2 Å². The first-order chi connectivity index (χ1) is 10.0. The third-order valence-corrected chi connectivity index (χ3v) is 4.32. The van der Waals surface area contributed by atoms with Crippen LogP contribution in [0.5, 0.6) is 0 Å². The summed E-state index contributed by atoms with van der Waals surface area (Å²) in [7, 11) is 1.37. The number of aromatic nitrogens is 2. The summed E-state index contributed by atoms with van der Waals surface area (Å²) in [5.74, 6) is 0.637. The predicted molar refractivity (Wildman–Crippen MR) is 84.0 cm³/mol. The topological polar surface area (TPSA) is 70.1 Å². The van der Waals surface area contributed by atoms with Crippen molar-refractivity contribution in [3.05, 3.63) is 29.9 Å². The van der Waals surface area contributed by atoms with Gasteiger partial charge in [0.15, 0.2) is 0 Å². The molecule has 0 saturated heterocycles. The van der Waals surface area contributed by atoms with E-state index in [1.165, 1.54) is 12.0 Å². The van der Waals surface area contributed by atoms with Gasteiger partial charge < -0.3 is 15.0 Å². The van der Waals surface area contributed by atoms with E-state index in [0.717, 1.165) is 25.2 Å². The number of ether oxygens (including phenoxy) is 1. The van der Waals surface area contributed by atoms with Crippen molar-refractivity contribution >= 4 is 17.3 Å². The molecule has 0 bridgehead atoms. The van der Waals surface area contributed by atoms with E-state index in [0.29, 0.717) is 6.42 Å². The second-order valence-electron chi connectivity index (χ2n) is 5.29. The minimum atomic E-state index is -0.903. The van der Waals surface area contributed by atoms with Crippen molar-refractivity contribution in [2.24, 2.45) is 5.73 Å². The maximum atomic E-state index is 11.5. The molecule has 0 aliphatic heterocycles. The lowest BCUT2D eigenvalue weighted by atomic mass is 9.96. The van der Waals surface area contributed by atoms with Crippen molar-refractivity contribution in [2.45, 2.75) is 38.3 Å². The van der Waals surface area contributed by atoms with Gasteiger partial charge in [0.05, 0.1) is 12.0 Å². The molecule has 1 atom stereocenters. The number of carbonyl (C=O) groups is 1. The third kappa shape index (κ3) is 3.92. The number of esters is 1.